The minimum atomic E-state index is 0. The molecule has 4 heteroatoms. The Kier molecular flexibility index (Phi) is 4.93. The van der Waals surface area contributed by atoms with Crippen LogP contribution in [0.1, 0.15) is 5.69 Å². The van der Waals surface area contributed by atoms with E-state index in [-0.39, 0.29) is 24.8 Å². The van der Waals surface area contributed by atoms with Gasteiger partial charge in [-0.25, -0.2) is 4.98 Å². The number of fused-ring (bicyclic) bond motifs is 1. The SMILES string of the molecule is Cl.Cl.N#Cc1ccc2ccccc2n1. The summed E-state index contributed by atoms with van der Waals surface area (Å²) in [5, 5.41) is 9.65. The third-order valence-corrected chi connectivity index (χ3v) is 1.71. The highest BCUT2D eigenvalue weighted by Gasteiger charge is 1.94. The molecule has 1 aromatic heterocycles. The first-order valence-electron chi connectivity index (χ1n) is 3.66. The van der Waals surface area contributed by atoms with Gasteiger partial charge in [0.25, 0.3) is 0 Å². The van der Waals surface area contributed by atoms with Gasteiger partial charge in [0.05, 0.1) is 5.52 Å². The lowest BCUT2D eigenvalue weighted by Crippen LogP contribution is -1.82. The van der Waals surface area contributed by atoms with Crippen molar-refractivity contribution < 1.29 is 0 Å². The number of para-hydroxylation sites is 1. The molecule has 0 radical (unpaired) electrons. The summed E-state index contributed by atoms with van der Waals surface area (Å²) in [6.07, 6.45) is 0. The molecule has 0 aliphatic heterocycles. The molecule has 0 saturated heterocycles. The van der Waals surface area contributed by atoms with Crippen LogP contribution in [-0.4, -0.2) is 4.98 Å². The zero-order chi connectivity index (χ0) is 8.39. The van der Waals surface area contributed by atoms with Crippen molar-refractivity contribution in [3.8, 4) is 6.07 Å². The molecule has 0 saturated carbocycles. The van der Waals surface area contributed by atoms with Crippen molar-refractivity contribution in [3.05, 3.63) is 42.1 Å². The lowest BCUT2D eigenvalue weighted by atomic mass is 10.2. The van der Waals surface area contributed by atoms with Crippen LogP contribution in [0.3, 0.4) is 0 Å². The summed E-state index contributed by atoms with van der Waals surface area (Å²) < 4.78 is 0. The van der Waals surface area contributed by atoms with Gasteiger partial charge in [0.2, 0.25) is 0 Å². The average molecular weight is 227 g/mol. The van der Waals surface area contributed by atoms with Crippen LogP contribution in [0.4, 0.5) is 0 Å². The second kappa shape index (κ2) is 5.43. The monoisotopic (exact) mass is 226 g/mol. The van der Waals surface area contributed by atoms with E-state index in [0.29, 0.717) is 5.69 Å². The fourth-order valence-corrected chi connectivity index (χ4v) is 1.13. The van der Waals surface area contributed by atoms with Crippen molar-refractivity contribution in [3.63, 3.8) is 0 Å². The predicted molar refractivity (Wildman–Crippen MR) is 61.0 cm³/mol. The average Bonchev–Trinajstić information content (AvgIpc) is 2.17. The van der Waals surface area contributed by atoms with Crippen LogP contribution in [0, 0.1) is 11.3 Å². The molecule has 0 aliphatic rings. The first-order valence-corrected chi connectivity index (χ1v) is 3.66. The van der Waals surface area contributed by atoms with E-state index in [1.54, 1.807) is 6.07 Å². The summed E-state index contributed by atoms with van der Waals surface area (Å²) in [5.41, 5.74) is 1.34. The Morgan fingerprint density at radius 3 is 2.43 bits per heavy atom. The lowest BCUT2D eigenvalue weighted by molar-refractivity contribution is 1.33. The van der Waals surface area contributed by atoms with Gasteiger partial charge in [-0.15, -0.1) is 24.8 Å². The van der Waals surface area contributed by atoms with Crippen LogP contribution >= 0.6 is 24.8 Å². The van der Waals surface area contributed by atoms with Crippen molar-refractivity contribution >= 4 is 35.7 Å². The Hall–Kier alpha value is -1.30. The zero-order valence-corrected chi connectivity index (χ0v) is 8.81. The van der Waals surface area contributed by atoms with Gasteiger partial charge in [-0.1, -0.05) is 18.2 Å². The van der Waals surface area contributed by atoms with Crippen LogP contribution in [0.5, 0.6) is 0 Å². The van der Waals surface area contributed by atoms with Gasteiger partial charge < -0.3 is 0 Å². The molecule has 2 aromatic rings. The maximum atomic E-state index is 8.58. The second-order valence-electron chi connectivity index (χ2n) is 2.50. The molecule has 72 valence electrons. The summed E-state index contributed by atoms with van der Waals surface area (Å²) in [5.74, 6) is 0. The first-order chi connectivity index (χ1) is 5.90. The maximum absolute atomic E-state index is 8.58. The van der Waals surface area contributed by atoms with Gasteiger partial charge in [0.15, 0.2) is 0 Å². The lowest BCUT2D eigenvalue weighted by Gasteiger charge is -1.94. The number of hydrogen-bond acceptors (Lipinski definition) is 2. The van der Waals surface area contributed by atoms with E-state index in [2.05, 4.69) is 4.98 Å². The highest BCUT2D eigenvalue weighted by Crippen LogP contribution is 2.10. The van der Waals surface area contributed by atoms with E-state index in [1.807, 2.05) is 36.4 Å². The molecular formula is C10H8Cl2N2. The number of halogens is 2. The fourth-order valence-electron chi connectivity index (χ4n) is 1.13. The Morgan fingerprint density at radius 2 is 1.71 bits per heavy atom. The minimum Gasteiger partial charge on any atom is -0.237 e. The van der Waals surface area contributed by atoms with Crippen LogP contribution < -0.4 is 0 Å². The third kappa shape index (κ3) is 2.35. The molecule has 0 fully saturated rings. The molecule has 0 unspecified atom stereocenters. The molecule has 0 atom stereocenters. The summed E-state index contributed by atoms with van der Waals surface area (Å²) >= 11 is 0. The van der Waals surface area contributed by atoms with Crippen molar-refractivity contribution in [1.82, 2.24) is 4.98 Å². The number of hydrogen-bond donors (Lipinski definition) is 0. The molecule has 14 heavy (non-hydrogen) atoms. The normalized spacial score (nSPS) is 8.21. The second-order valence-corrected chi connectivity index (χ2v) is 2.50. The molecule has 0 spiro atoms. The minimum absolute atomic E-state index is 0. The number of nitrogens with zero attached hydrogens (tertiary/aromatic N) is 2. The smallest absolute Gasteiger partial charge is 0.141 e. The molecule has 0 amide bonds. The Bertz CT molecular complexity index is 463. The molecule has 1 aromatic carbocycles. The predicted octanol–water partition coefficient (Wildman–Crippen LogP) is 2.95. The summed E-state index contributed by atoms with van der Waals surface area (Å²) in [6, 6.07) is 13.4. The van der Waals surface area contributed by atoms with Gasteiger partial charge in [-0.05, 0) is 18.2 Å². The fraction of sp³-hybridized carbons (Fsp3) is 0. The number of rotatable bonds is 0. The van der Waals surface area contributed by atoms with Crippen molar-refractivity contribution in [2.45, 2.75) is 0 Å². The van der Waals surface area contributed by atoms with Gasteiger partial charge >= 0.3 is 0 Å². The number of aromatic nitrogens is 1. The van der Waals surface area contributed by atoms with Crippen molar-refractivity contribution in [2.75, 3.05) is 0 Å². The standard InChI is InChI=1S/C10H6N2.2ClH/c11-7-9-6-5-8-3-1-2-4-10(8)12-9;;/h1-6H;2*1H. The number of nitriles is 1. The van der Waals surface area contributed by atoms with Gasteiger partial charge in [-0.3, -0.25) is 0 Å². The molecule has 1 heterocycles. The van der Waals surface area contributed by atoms with Crippen LogP contribution in [0.2, 0.25) is 0 Å². The van der Waals surface area contributed by atoms with Gasteiger partial charge in [-0.2, -0.15) is 5.26 Å². The van der Waals surface area contributed by atoms with E-state index >= 15 is 0 Å². The Labute approximate surface area is 94.4 Å². The molecule has 0 aliphatic carbocycles. The third-order valence-electron chi connectivity index (χ3n) is 1.71. The quantitative estimate of drug-likeness (QED) is 0.693. The zero-order valence-electron chi connectivity index (χ0n) is 7.18. The van der Waals surface area contributed by atoms with Crippen molar-refractivity contribution in [2.24, 2.45) is 0 Å². The van der Waals surface area contributed by atoms with E-state index in [9.17, 15) is 0 Å². The molecular weight excluding hydrogens is 219 g/mol. The summed E-state index contributed by atoms with van der Waals surface area (Å²) in [4.78, 5) is 4.13. The molecule has 0 bridgehead atoms. The topological polar surface area (TPSA) is 36.7 Å². The van der Waals surface area contributed by atoms with Crippen molar-refractivity contribution in [1.29, 1.82) is 5.26 Å². The Balaban J connectivity index is 0.000000845. The highest BCUT2D eigenvalue weighted by atomic mass is 35.5. The van der Waals surface area contributed by atoms with Crippen LogP contribution in [0.25, 0.3) is 10.9 Å². The highest BCUT2D eigenvalue weighted by molar-refractivity contribution is 5.85. The number of benzene rings is 1. The molecule has 0 N–H and O–H groups in total. The Morgan fingerprint density at radius 1 is 1.00 bits per heavy atom. The van der Waals surface area contributed by atoms with E-state index < -0.39 is 0 Å². The maximum Gasteiger partial charge on any atom is 0.141 e. The van der Waals surface area contributed by atoms with E-state index in [4.69, 9.17) is 5.26 Å². The summed E-state index contributed by atoms with van der Waals surface area (Å²) in [7, 11) is 0. The van der Waals surface area contributed by atoms with Crippen LogP contribution in [0.15, 0.2) is 36.4 Å². The van der Waals surface area contributed by atoms with Gasteiger partial charge in [0, 0.05) is 5.39 Å². The molecule has 2 rings (SSSR count). The summed E-state index contributed by atoms with van der Waals surface area (Å²) in [6.45, 7) is 0. The number of pyridine rings is 1. The van der Waals surface area contributed by atoms with E-state index in [0.717, 1.165) is 10.9 Å². The van der Waals surface area contributed by atoms with Gasteiger partial charge in [0.1, 0.15) is 11.8 Å². The first kappa shape index (κ1) is 12.7. The van der Waals surface area contributed by atoms with Crippen LogP contribution in [-0.2, 0) is 0 Å². The van der Waals surface area contributed by atoms with E-state index in [1.165, 1.54) is 0 Å². The molecule has 2 nitrogen and oxygen atoms in total. The largest absolute Gasteiger partial charge is 0.237 e.